The molecule has 0 aliphatic carbocycles. The fraction of sp³-hybridized carbons (Fsp3) is 0.0952. The van der Waals surface area contributed by atoms with Crippen LogP contribution in [0.4, 0.5) is 5.82 Å². The van der Waals surface area contributed by atoms with Crippen molar-refractivity contribution in [1.82, 2.24) is 9.97 Å². The molecule has 4 aromatic rings. The van der Waals surface area contributed by atoms with E-state index < -0.39 is 0 Å². The van der Waals surface area contributed by atoms with Crippen molar-refractivity contribution in [2.75, 3.05) is 5.32 Å². The molecule has 1 N–H and O–H groups in total. The molecule has 1 amide bonds. The zero-order valence-corrected chi connectivity index (χ0v) is 15.3. The van der Waals surface area contributed by atoms with E-state index in [1.165, 1.54) is 4.88 Å². The number of fused-ring (bicyclic) bond motifs is 1. The Morgan fingerprint density at radius 2 is 1.88 bits per heavy atom. The average Bonchev–Trinajstić information content (AvgIpc) is 3.09. The van der Waals surface area contributed by atoms with Gasteiger partial charge in [-0.05, 0) is 49.7 Å². The lowest BCUT2D eigenvalue weighted by atomic mass is 10.1. The zero-order chi connectivity index (χ0) is 18.1. The molecule has 0 saturated heterocycles. The third-order valence-corrected chi connectivity index (χ3v) is 5.13. The van der Waals surface area contributed by atoms with Crippen LogP contribution in [0, 0.1) is 13.8 Å². The van der Waals surface area contributed by atoms with Crippen molar-refractivity contribution >= 4 is 34.0 Å². The molecule has 3 heterocycles. The Morgan fingerprint density at radius 1 is 1.04 bits per heavy atom. The Morgan fingerprint density at radius 3 is 2.62 bits per heavy atom. The fourth-order valence-electron chi connectivity index (χ4n) is 2.79. The molecule has 0 unspecified atom stereocenters. The van der Waals surface area contributed by atoms with Crippen molar-refractivity contribution in [1.29, 1.82) is 0 Å². The zero-order valence-electron chi connectivity index (χ0n) is 14.5. The van der Waals surface area contributed by atoms with Crippen molar-refractivity contribution < 1.29 is 4.79 Å². The number of aromatic nitrogens is 2. The number of carbonyl (C=O) groups is 1. The second kappa shape index (κ2) is 6.69. The maximum atomic E-state index is 12.9. The maximum Gasteiger partial charge on any atom is 0.257 e. The molecule has 0 fully saturated rings. The first kappa shape index (κ1) is 16.4. The number of nitrogens with zero attached hydrogens (tertiary/aromatic N) is 2. The molecular weight excluding hydrogens is 342 g/mol. The molecule has 0 bridgehead atoms. The quantitative estimate of drug-likeness (QED) is 0.545. The number of carbonyl (C=O) groups excluding carboxylic acids is 1. The molecule has 5 heteroatoms. The highest BCUT2D eigenvalue weighted by Gasteiger charge is 2.15. The first-order chi connectivity index (χ1) is 12.6. The molecule has 1 aromatic carbocycles. The van der Waals surface area contributed by atoms with Gasteiger partial charge in [0.1, 0.15) is 5.82 Å². The van der Waals surface area contributed by atoms with Gasteiger partial charge in [0.2, 0.25) is 0 Å². The molecule has 3 aromatic heterocycles. The summed E-state index contributed by atoms with van der Waals surface area (Å²) in [5.41, 5.74) is 3.26. The second-order valence-corrected chi connectivity index (χ2v) is 7.45. The summed E-state index contributed by atoms with van der Waals surface area (Å²) in [6.45, 7) is 4.02. The first-order valence-corrected chi connectivity index (χ1v) is 9.12. The Bertz CT molecular complexity index is 1100. The minimum Gasteiger partial charge on any atom is -0.307 e. The lowest BCUT2D eigenvalue weighted by Gasteiger charge is -2.09. The molecule has 0 aliphatic heterocycles. The van der Waals surface area contributed by atoms with Crippen LogP contribution in [0.2, 0.25) is 0 Å². The van der Waals surface area contributed by atoms with E-state index in [1.807, 2.05) is 49.4 Å². The molecule has 0 saturated carbocycles. The lowest BCUT2D eigenvalue weighted by molar-refractivity contribution is 0.102. The van der Waals surface area contributed by atoms with Crippen LogP contribution < -0.4 is 5.32 Å². The summed E-state index contributed by atoms with van der Waals surface area (Å²) in [6, 6.07) is 17.4. The Hall–Kier alpha value is -3.05. The van der Waals surface area contributed by atoms with Crippen LogP contribution in [-0.2, 0) is 0 Å². The van der Waals surface area contributed by atoms with Crippen LogP contribution in [-0.4, -0.2) is 15.9 Å². The highest BCUT2D eigenvalue weighted by Crippen LogP contribution is 2.30. The van der Waals surface area contributed by atoms with Gasteiger partial charge in [-0.25, -0.2) is 9.97 Å². The van der Waals surface area contributed by atoms with Gasteiger partial charge in [0, 0.05) is 16.5 Å². The molecule has 0 atom stereocenters. The predicted octanol–water partition coefficient (Wildman–Crippen LogP) is 5.23. The summed E-state index contributed by atoms with van der Waals surface area (Å²) in [5.74, 6) is 0.351. The van der Waals surface area contributed by atoms with Crippen molar-refractivity contribution in [2.24, 2.45) is 0 Å². The Balaban J connectivity index is 1.79. The number of amides is 1. The number of pyridine rings is 2. The summed E-state index contributed by atoms with van der Waals surface area (Å²) in [6.07, 6.45) is 1.74. The minimum absolute atomic E-state index is 0.186. The molecule has 128 valence electrons. The van der Waals surface area contributed by atoms with Gasteiger partial charge in [-0.3, -0.25) is 4.79 Å². The van der Waals surface area contributed by atoms with E-state index >= 15 is 0 Å². The minimum atomic E-state index is -0.186. The van der Waals surface area contributed by atoms with Gasteiger partial charge in [-0.1, -0.05) is 24.3 Å². The molecule has 4 nitrogen and oxygen atoms in total. The fourth-order valence-corrected chi connectivity index (χ4v) is 3.62. The summed E-state index contributed by atoms with van der Waals surface area (Å²) in [5, 5.41) is 3.71. The van der Waals surface area contributed by atoms with Crippen molar-refractivity contribution in [3.8, 4) is 10.6 Å². The van der Waals surface area contributed by atoms with Gasteiger partial charge >= 0.3 is 0 Å². The van der Waals surface area contributed by atoms with Crippen LogP contribution >= 0.6 is 11.3 Å². The highest BCUT2D eigenvalue weighted by atomic mass is 32.1. The van der Waals surface area contributed by atoms with Crippen LogP contribution in [0.25, 0.3) is 21.5 Å². The average molecular weight is 359 g/mol. The molecular formula is C21H17N3OS. The van der Waals surface area contributed by atoms with E-state index in [1.54, 1.807) is 23.6 Å². The standard InChI is InChI=1S/C21H17N3OS/c1-13-7-10-20(22-12-13)24-21(25)16-11-18(19-9-8-14(2)26-19)23-17-6-4-3-5-15(16)17/h3-12H,1-2H3,(H,22,24,25). The number of thiophene rings is 1. The number of anilines is 1. The summed E-state index contributed by atoms with van der Waals surface area (Å²) in [7, 11) is 0. The van der Waals surface area contributed by atoms with Crippen molar-refractivity contribution in [3.63, 3.8) is 0 Å². The van der Waals surface area contributed by atoms with Gasteiger partial charge in [-0.15, -0.1) is 11.3 Å². The topological polar surface area (TPSA) is 54.9 Å². The second-order valence-electron chi connectivity index (χ2n) is 6.16. The van der Waals surface area contributed by atoms with Crippen molar-refractivity contribution in [2.45, 2.75) is 13.8 Å². The van der Waals surface area contributed by atoms with E-state index in [0.717, 1.165) is 27.0 Å². The van der Waals surface area contributed by atoms with Crippen LogP contribution in [0.1, 0.15) is 20.8 Å². The Labute approximate surface area is 155 Å². The number of para-hydroxylation sites is 1. The Kier molecular flexibility index (Phi) is 4.22. The first-order valence-electron chi connectivity index (χ1n) is 8.31. The SMILES string of the molecule is Cc1ccc(NC(=O)c2cc(-c3ccc(C)s3)nc3ccccc23)nc1. The number of aryl methyl sites for hydroxylation is 2. The largest absolute Gasteiger partial charge is 0.307 e. The normalized spacial score (nSPS) is 10.8. The molecule has 26 heavy (non-hydrogen) atoms. The lowest BCUT2D eigenvalue weighted by Crippen LogP contribution is -2.14. The van der Waals surface area contributed by atoms with E-state index in [-0.39, 0.29) is 5.91 Å². The molecule has 4 rings (SSSR count). The van der Waals surface area contributed by atoms with E-state index in [0.29, 0.717) is 11.4 Å². The van der Waals surface area contributed by atoms with Gasteiger partial charge in [0.15, 0.2) is 0 Å². The van der Waals surface area contributed by atoms with E-state index in [2.05, 4.69) is 23.3 Å². The molecule has 0 spiro atoms. The summed E-state index contributed by atoms with van der Waals surface area (Å²) in [4.78, 5) is 24.2. The summed E-state index contributed by atoms with van der Waals surface area (Å²) >= 11 is 1.67. The van der Waals surface area contributed by atoms with Gasteiger partial charge in [0.25, 0.3) is 5.91 Å². The highest BCUT2D eigenvalue weighted by molar-refractivity contribution is 7.15. The third-order valence-electron chi connectivity index (χ3n) is 4.11. The maximum absolute atomic E-state index is 12.9. The third kappa shape index (κ3) is 3.21. The predicted molar refractivity (Wildman–Crippen MR) is 107 cm³/mol. The van der Waals surface area contributed by atoms with Crippen LogP contribution in [0.5, 0.6) is 0 Å². The summed E-state index contributed by atoms with van der Waals surface area (Å²) < 4.78 is 0. The number of rotatable bonds is 3. The number of hydrogen-bond acceptors (Lipinski definition) is 4. The number of hydrogen-bond donors (Lipinski definition) is 1. The van der Waals surface area contributed by atoms with Gasteiger partial charge in [-0.2, -0.15) is 0 Å². The van der Waals surface area contributed by atoms with Crippen LogP contribution in [0.3, 0.4) is 0 Å². The molecule has 0 radical (unpaired) electrons. The van der Waals surface area contributed by atoms with E-state index in [9.17, 15) is 4.79 Å². The van der Waals surface area contributed by atoms with Gasteiger partial charge in [0.05, 0.1) is 21.7 Å². The number of benzene rings is 1. The van der Waals surface area contributed by atoms with E-state index in [4.69, 9.17) is 4.98 Å². The number of nitrogens with one attached hydrogen (secondary N) is 1. The van der Waals surface area contributed by atoms with Gasteiger partial charge < -0.3 is 5.32 Å². The smallest absolute Gasteiger partial charge is 0.257 e. The monoisotopic (exact) mass is 359 g/mol. The molecule has 0 aliphatic rings. The van der Waals surface area contributed by atoms with Crippen molar-refractivity contribution in [3.05, 3.63) is 76.8 Å². The van der Waals surface area contributed by atoms with Crippen LogP contribution in [0.15, 0.2) is 60.8 Å².